The molecule has 0 radical (unpaired) electrons. The second-order valence-corrected chi connectivity index (χ2v) is 7.60. The van der Waals surface area contributed by atoms with Gasteiger partial charge in [0.25, 0.3) is 0 Å². The molecule has 0 aliphatic carbocycles. The third kappa shape index (κ3) is 6.28. The van der Waals surface area contributed by atoms with Crippen LogP contribution in [0.2, 0.25) is 0 Å². The Labute approximate surface area is 159 Å². The Kier molecular flexibility index (Phi) is 7.81. The number of amides is 2. The third-order valence-corrected chi connectivity index (χ3v) is 4.91. The van der Waals surface area contributed by atoms with E-state index in [1.807, 2.05) is 11.4 Å². The molecule has 0 spiro atoms. The first-order valence-electron chi connectivity index (χ1n) is 8.82. The summed E-state index contributed by atoms with van der Waals surface area (Å²) in [5, 5.41) is 10.4. The molecule has 5 nitrogen and oxygen atoms in total. The van der Waals surface area contributed by atoms with E-state index in [0.717, 1.165) is 16.9 Å². The lowest BCUT2D eigenvalue weighted by atomic mass is 9.99. The Morgan fingerprint density at radius 1 is 1.04 bits per heavy atom. The Bertz CT molecular complexity index is 696. The van der Waals surface area contributed by atoms with Crippen LogP contribution in [0.25, 0.3) is 0 Å². The fourth-order valence-corrected chi connectivity index (χ4v) is 3.51. The SMILES string of the molecule is CNC(=O)CNC(=O)CN[C@@H](c1ccc(CC(C)C)cc1)c1cccs1. The quantitative estimate of drug-likeness (QED) is 0.632. The molecule has 0 saturated heterocycles. The normalized spacial score (nSPS) is 12.0. The first kappa shape index (κ1) is 20.1. The number of benzene rings is 1. The number of likely N-dealkylation sites (N-methyl/N-ethyl adjacent to an activating group) is 1. The van der Waals surface area contributed by atoms with Crippen LogP contribution in [0.4, 0.5) is 0 Å². The van der Waals surface area contributed by atoms with Crippen molar-refractivity contribution in [1.82, 2.24) is 16.0 Å². The zero-order valence-corrected chi connectivity index (χ0v) is 16.4. The minimum absolute atomic E-state index is 0.00934. The highest BCUT2D eigenvalue weighted by Gasteiger charge is 2.16. The summed E-state index contributed by atoms with van der Waals surface area (Å²) in [4.78, 5) is 24.4. The van der Waals surface area contributed by atoms with Crippen LogP contribution < -0.4 is 16.0 Å². The lowest BCUT2D eigenvalue weighted by molar-refractivity contribution is -0.125. The molecule has 2 rings (SSSR count). The Balaban J connectivity index is 2.03. The summed E-state index contributed by atoms with van der Waals surface area (Å²) in [7, 11) is 1.54. The zero-order chi connectivity index (χ0) is 18.9. The number of carbonyl (C=O) groups is 2. The van der Waals surface area contributed by atoms with E-state index in [2.05, 4.69) is 60.1 Å². The average molecular weight is 374 g/mol. The first-order chi connectivity index (χ1) is 12.5. The van der Waals surface area contributed by atoms with Gasteiger partial charge in [0, 0.05) is 11.9 Å². The number of hydrogen-bond acceptors (Lipinski definition) is 4. The van der Waals surface area contributed by atoms with E-state index in [1.54, 1.807) is 18.4 Å². The Morgan fingerprint density at radius 2 is 1.77 bits per heavy atom. The van der Waals surface area contributed by atoms with Crippen LogP contribution >= 0.6 is 11.3 Å². The van der Waals surface area contributed by atoms with Crippen molar-refractivity contribution >= 4 is 23.2 Å². The molecular weight excluding hydrogens is 346 g/mol. The van der Waals surface area contributed by atoms with Crippen molar-refractivity contribution in [3.05, 3.63) is 57.8 Å². The summed E-state index contributed by atoms with van der Waals surface area (Å²) >= 11 is 1.66. The molecule has 0 aliphatic heterocycles. The van der Waals surface area contributed by atoms with Gasteiger partial charge in [-0.15, -0.1) is 11.3 Å². The molecule has 3 N–H and O–H groups in total. The Hall–Kier alpha value is -2.18. The second kappa shape index (κ2) is 10.1. The van der Waals surface area contributed by atoms with Crippen LogP contribution in [0.15, 0.2) is 41.8 Å². The van der Waals surface area contributed by atoms with Crippen molar-refractivity contribution < 1.29 is 9.59 Å². The van der Waals surface area contributed by atoms with E-state index in [9.17, 15) is 9.59 Å². The highest BCUT2D eigenvalue weighted by Crippen LogP contribution is 2.26. The number of nitrogens with one attached hydrogen (secondary N) is 3. The van der Waals surface area contributed by atoms with Gasteiger partial charge in [-0.25, -0.2) is 0 Å². The van der Waals surface area contributed by atoms with E-state index >= 15 is 0 Å². The van der Waals surface area contributed by atoms with E-state index in [4.69, 9.17) is 0 Å². The average Bonchev–Trinajstić information content (AvgIpc) is 3.15. The van der Waals surface area contributed by atoms with Gasteiger partial charge in [0.05, 0.1) is 19.1 Å². The molecule has 0 aliphatic rings. The van der Waals surface area contributed by atoms with E-state index in [-0.39, 0.29) is 30.9 Å². The van der Waals surface area contributed by atoms with Crippen LogP contribution in [0.5, 0.6) is 0 Å². The highest BCUT2D eigenvalue weighted by atomic mass is 32.1. The largest absolute Gasteiger partial charge is 0.358 e. The molecule has 0 fully saturated rings. The molecule has 1 atom stereocenters. The Morgan fingerprint density at radius 3 is 2.35 bits per heavy atom. The van der Waals surface area contributed by atoms with Crippen LogP contribution in [-0.2, 0) is 16.0 Å². The topological polar surface area (TPSA) is 70.2 Å². The lowest BCUT2D eigenvalue weighted by Crippen LogP contribution is -2.40. The maximum absolute atomic E-state index is 12.0. The molecule has 0 saturated carbocycles. The van der Waals surface area contributed by atoms with Crippen LogP contribution in [0, 0.1) is 5.92 Å². The minimum Gasteiger partial charge on any atom is -0.358 e. The van der Waals surface area contributed by atoms with E-state index in [0.29, 0.717) is 5.92 Å². The summed E-state index contributed by atoms with van der Waals surface area (Å²) in [5.41, 5.74) is 2.44. The van der Waals surface area contributed by atoms with Crippen molar-refractivity contribution in [2.24, 2.45) is 5.92 Å². The van der Waals surface area contributed by atoms with Crippen LogP contribution in [-0.4, -0.2) is 32.0 Å². The van der Waals surface area contributed by atoms with Gasteiger partial charge < -0.3 is 10.6 Å². The molecule has 140 valence electrons. The smallest absolute Gasteiger partial charge is 0.239 e. The summed E-state index contributed by atoms with van der Waals surface area (Å²) < 4.78 is 0. The van der Waals surface area contributed by atoms with Gasteiger partial charge in [0.1, 0.15) is 0 Å². The number of hydrogen-bond donors (Lipinski definition) is 3. The predicted octanol–water partition coefficient (Wildman–Crippen LogP) is 2.49. The highest BCUT2D eigenvalue weighted by molar-refractivity contribution is 7.10. The molecule has 2 aromatic rings. The van der Waals surface area contributed by atoms with E-state index < -0.39 is 0 Å². The van der Waals surface area contributed by atoms with Gasteiger partial charge in [0.2, 0.25) is 11.8 Å². The minimum atomic E-state index is -0.214. The lowest BCUT2D eigenvalue weighted by Gasteiger charge is -2.18. The molecule has 26 heavy (non-hydrogen) atoms. The van der Waals surface area contributed by atoms with Gasteiger partial charge in [-0.05, 0) is 34.9 Å². The summed E-state index contributed by atoms with van der Waals surface area (Å²) in [6, 6.07) is 12.6. The molecule has 0 unspecified atom stereocenters. The fourth-order valence-electron chi connectivity index (χ4n) is 2.68. The molecule has 2 amide bonds. The molecule has 6 heteroatoms. The van der Waals surface area contributed by atoms with Crippen molar-refractivity contribution in [3.8, 4) is 0 Å². The zero-order valence-electron chi connectivity index (χ0n) is 15.5. The molecular formula is C20H27N3O2S. The monoisotopic (exact) mass is 373 g/mol. The fraction of sp³-hybridized carbons (Fsp3) is 0.400. The predicted molar refractivity (Wildman–Crippen MR) is 106 cm³/mol. The maximum Gasteiger partial charge on any atom is 0.239 e. The second-order valence-electron chi connectivity index (χ2n) is 6.62. The van der Waals surface area contributed by atoms with Crippen molar-refractivity contribution in [2.75, 3.05) is 20.1 Å². The van der Waals surface area contributed by atoms with Crippen molar-refractivity contribution in [1.29, 1.82) is 0 Å². The standard InChI is InChI=1S/C20H27N3O2S/c1-14(2)11-15-6-8-16(9-7-15)20(17-5-4-10-26-17)23-13-19(25)22-12-18(24)21-3/h4-10,14,20,23H,11-13H2,1-3H3,(H,21,24)(H,22,25)/t20-/m0/s1. The molecule has 1 aromatic heterocycles. The van der Waals surface area contributed by atoms with Crippen LogP contribution in [0.1, 0.15) is 35.9 Å². The maximum atomic E-state index is 12.0. The number of carbonyl (C=O) groups excluding carboxylic acids is 2. The first-order valence-corrected chi connectivity index (χ1v) is 9.70. The van der Waals surface area contributed by atoms with Gasteiger partial charge >= 0.3 is 0 Å². The van der Waals surface area contributed by atoms with Gasteiger partial charge in [0.15, 0.2) is 0 Å². The van der Waals surface area contributed by atoms with Crippen molar-refractivity contribution in [2.45, 2.75) is 26.3 Å². The van der Waals surface area contributed by atoms with Gasteiger partial charge in [-0.2, -0.15) is 0 Å². The van der Waals surface area contributed by atoms with Crippen molar-refractivity contribution in [3.63, 3.8) is 0 Å². The molecule has 0 bridgehead atoms. The molecule has 1 heterocycles. The van der Waals surface area contributed by atoms with Gasteiger partial charge in [-0.1, -0.05) is 44.2 Å². The van der Waals surface area contributed by atoms with Crippen LogP contribution in [0.3, 0.4) is 0 Å². The van der Waals surface area contributed by atoms with E-state index in [1.165, 1.54) is 5.56 Å². The summed E-state index contributed by atoms with van der Waals surface area (Å²) in [6.45, 7) is 4.56. The molecule has 1 aromatic carbocycles. The number of thiophene rings is 1. The summed E-state index contributed by atoms with van der Waals surface area (Å²) in [6.07, 6.45) is 1.05. The number of rotatable bonds is 9. The third-order valence-electron chi connectivity index (χ3n) is 3.98. The van der Waals surface area contributed by atoms with Gasteiger partial charge in [-0.3, -0.25) is 14.9 Å². The summed E-state index contributed by atoms with van der Waals surface area (Å²) in [5.74, 6) is 0.205.